The number of piperazine rings is 1. The molecule has 0 radical (unpaired) electrons. The van der Waals surface area contributed by atoms with Gasteiger partial charge in [0.15, 0.2) is 5.65 Å². The lowest BCUT2D eigenvalue weighted by Gasteiger charge is -2.33. The molecule has 1 fully saturated rings. The van der Waals surface area contributed by atoms with Crippen molar-refractivity contribution in [1.82, 2.24) is 24.0 Å². The highest BCUT2D eigenvalue weighted by Crippen LogP contribution is 2.22. The van der Waals surface area contributed by atoms with Crippen LogP contribution >= 0.6 is 0 Å². The van der Waals surface area contributed by atoms with Gasteiger partial charge in [0.1, 0.15) is 4.90 Å². The first kappa shape index (κ1) is 18.4. The van der Waals surface area contributed by atoms with E-state index in [1.807, 2.05) is 6.92 Å². The van der Waals surface area contributed by atoms with Gasteiger partial charge in [0, 0.05) is 74.2 Å². The third kappa shape index (κ3) is 3.76. The van der Waals surface area contributed by atoms with Gasteiger partial charge in [-0.1, -0.05) is 0 Å². The number of rotatable bonds is 5. The van der Waals surface area contributed by atoms with Gasteiger partial charge in [0.05, 0.1) is 5.69 Å². The summed E-state index contributed by atoms with van der Waals surface area (Å²) >= 11 is 0. The number of hydrogen-bond donors (Lipinski definition) is 0. The molecule has 0 spiro atoms. The smallest absolute Gasteiger partial charge is 0.244 e. The molecule has 1 saturated heterocycles. The fraction of sp³-hybridized carbons (Fsp3) is 0.600. The molecule has 0 saturated carbocycles. The van der Waals surface area contributed by atoms with E-state index in [-0.39, 0.29) is 4.90 Å². The highest BCUT2D eigenvalue weighted by Gasteiger charge is 2.29. The van der Waals surface area contributed by atoms with Crippen molar-refractivity contribution in [2.75, 3.05) is 44.7 Å². The van der Waals surface area contributed by atoms with E-state index in [4.69, 9.17) is 0 Å². The topological polar surface area (TPSA) is 88.4 Å². The van der Waals surface area contributed by atoms with E-state index in [1.54, 1.807) is 24.1 Å². The quantitative estimate of drug-likeness (QED) is 0.718. The molecular weight excluding hydrogens is 362 g/mol. The van der Waals surface area contributed by atoms with Crippen LogP contribution < -0.4 is 0 Å². The van der Waals surface area contributed by atoms with Crippen LogP contribution in [0.3, 0.4) is 0 Å². The summed E-state index contributed by atoms with van der Waals surface area (Å²) in [5.74, 6) is 0.619. The molecule has 0 bridgehead atoms. The van der Waals surface area contributed by atoms with Crippen molar-refractivity contribution in [1.29, 1.82) is 0 Å². The normalized spacial score (nSPS) is 18.7. The molecule has 138 valence electrons. The van der Waals surface area contributed by atoms with Crippen molar-refractivity contribution < 1.29 is 12.6 Å². The van der Waals surface area contributed by atoms with Crippen molar-refractivity contribution in [3.05, 3.63) is 18.0 Å². The van der Waals surface area contributed by atoms with Gasteiger partial charge < -0.3 is 0 Å². The molecule has 3 heterocycles. The molecule has 10 heteroatoms. The predicted molar refractivity (Wildman–Crippen MR) is 97.4 cm³/mol. The molecule has 2 aromatic heterocycles. The Morgan fingerprint density at radius 2 is 1.92 bits per heavy atom. The molecule has 2 aromatic rings. The van der Waals surface area contributed by atoms with Crippen LogP contribution in [0.25, 0.3) is 11.0 Å². The second-order valence-corrected chi connectivity index (χ2v) is 9.77. The minimum atomic E-state index is -3.57. The summed E-state index contributed by atoms with van der Waals surface area (Å²) in [5.41, 5.74) is 1.44. The maximum absolute atomic E-state index is 12.9. The Balaban J connectivity index is 1.76. The maximum atomic E-state index is 12.9. The minimum Gasteiger partial charge on any atom is -0.300 e. The summed E-state index contributed by atoms with van der Waals surface area (Å²) in [7, 11) is -2.60. The van der Waals surface area contributed by atoms with Crippen LogP contribution in [-0.4, -0.2) is 81.3 Å². The van der Waals surface area contributed by atoms with Crippen molar-refractivity contribution in [2.45, 2.75) is 11.8 Å². The average molecular weight is 386 g/mol. The van der Waals surface area contributed by atoms with E-state index in [1.165, 1.54) is 10.5 Å². The Labute approximate surface area is 150 Å². The largest absolute Gasteiger partial charge is 0.300 e. The van der Waals surface area contributed by atoms with Gasteiger partial charge in [-0.3, -0.25) is 13.8 Å². The van der Waals surface area contributed by atoms with E-state index in [0.29, 0.717) is 37.6 Å². The lowest BCUT2D eigenvalue weighted by Crippen LogP contribution is -2.49. The Morgan fingerprint density at radius 3 is 2.56 bits per heavy atom. The monoisotopic (exact) mass is 385 g/mol. The number of nitrogens with zero attached hydrogens (tertiary/aromatic N) is 5. The summed E-state index contributed by atoms with van der Waals surface area (Å²) in [6.07, 6.45) is 3.09. The number of aromatic nitrogens is 3. The first-order valence-corrected chi connectivity index (χ1v) is 11.3. The highest BCUT2D eigenvalue weighted by atomic mass is 32.2. The molecule has 3 rings (SSSR count). The molecule has 1 atom stereocenters. The third-order valence-electron chi connectivity index (χ3n) is 4.50. The van der Waals surface area contributed by atoms with Gasteiger partial charge >= 0.3 is 0 Å². The van der Waals surface area contributed by atoms with Crippen molar-refractivity contribution >= 4 is 31.9 Å². The Hall–Kier alpha value is -1.36. The summed E-state index contributed by atoms with van der Waals surface area (Å²) in [6, 6.07) is 1.66. The second-order valence-electron chi connectivity index (χ2n) is 6.27. The molecule has 0 N–H and O–H groups in total. The van der Waals surface area contributed by atoms with E-state index in [2.05, 4.69) is 15.0 Å². The van der Waals surface area contributed by atoms with Crippen LogP contribution in [0.1, 0.15) is 5.69 Å². The zero-order chi connectivity index (χ0) is 18.2. The summed E-state index contributed by atoms with van der Waals surface area (Å²) in [4.78, 5) is 6.64. The van der Waals surface area contributed by atoms with Crippen molar-refractivity contribution in [3.63, 3.8) is 0 Å². The van der Waals surface area contributed by atoms with E-state index < -0.39 is 20.8 Å². The van der Waals surface area contributed by atoms with Gasteiger partial charge in [0.2, 0.25) is 10.0 Å². The molecule has 1 aliphatic rings. The van der Waals surface area contributed by atoms with Crippen LogP contribution in [0, 0.1) is 6.92 Å². The van der Waals surface area contributed by atoms with Crippen LogP contribution in [-0.2, 0) is 27.9 Å². The molecule has 25 heavy (non-hydrogen) atoms. The first-order valence-electron chi connectivity index (χ1n) is 8.11. The number of hydrogen-bond acceptors (Lipinski definition) is 6. The summed E-state index contributed by atoms with van der Waals surface area (Å²) < 4.78 is 40.2. The molecule has 1 aliphatic heterocycles. The van der Waals surface area contributed by atoms with Gasteiger partial charge in [-0.25, -0.2) is 13.4 Å². The highest BCUT2D eigenvalue weighted by molar-refractivity contribution is 7.89. The third-order valence-corrected chi connectivity index (χ3v) is 7.12. The lowest BCUT2D eigenvalue weighted by molar-refractivity contribution is 0.197. The van der Waals surface area contributed by atoms with Crippen LogP contribution in [0.15, 0.2) is 17.2 Å². The summed E-state index contributed by atoms with van der Waals surface area (Å²) in [6.45, 7) is 4.75. The van der Waals surface area contributed by atoms with Gasteiger partial charge in [-0.15, -0.1) is 0 Å². The van der Waals surface area contributed by atoms with Crippen molar-refractivity contribution in [3.8, 4) is 0 Å². The Kier molecular flexibility index (Phi) is 5.24. The molecule has 8 nitrogen and oxygen atoms in total. The van der Waals surface area contributed by atoms with Gasteiger partial charge in [0.25, 0.3) is 0 Å². The van der Waals surface area contributed by atoms with E-state index in [9.17, 15) is 12.6 Å². The fourth-order valence-corrected chi connectivity index (χ4v) is 4.94. The zero-order valence-corrected chi connectivity index (χ0v) is 16.3. The summed E-state index contributed by atoms with van der Waals surface area (Å²) in [5, 5.41) is 5.04. The average Bonchev–Trinajstić information content (AvgIpc) is 2.87. The zero-order valence-electron chi connectivity index (χ0n) is 14.7. The molecule has 0 amide bonds. The molecule has 0 aromatic carbocycles. The van der Waals surface area contributed by atoms with Crippen LogP contribution in [0.2, 0.25) is 0 Å². The van der Waals surface area contributed by atoms with Gasteiger partial charge in [-0.2, -0.15) is 9.40 Å². The standard InChI is InChI=1S/C15H23N5O3S2/c1-12-14-10-13(11-16-15(14)18(2)17-12)25(22,23)20-6-4-19(5-7-20)8-9-24(3)21/h10-11H,4-9H2,1-3H3/t24-/m1/s1. The number of aryl methyl sites for hydroxylation is 2. The fourth-order valence-electron chi connectivity index (χ4n) is 3.03. The van der Waals surface area contributed by atoms with E-state index in [0.717, 1.165) is 17.6 Å². The van der Waals surface area contributed by atoms with Gasteiger partial charge in [-0.05, 0) is 13.0 Å². The molecule has 0 unspecified atom stereocenters. The second kappa shape index (κ2) is 7.10. The number of fused-ring (bicyclic) bond motifs is 1. The Morgan fingerprint density at radius 1 is 1.24 bits per heavy atom. The Bertz CT molecular complexity index is 901. The van der Waals surface area contributed by atoms with Crippen molar-refractivity contribution in [2.24, 2.45) is 7.05 Å². The van der Waals surface area contributed by atoms with E-state index >= 15 is 0 Å². The predicted octanol–water partition coefficient (Wildman–Crippen LogP) is -0.0385. The minimum absolute atomic E-state index is 0.208. The number of pyridine rings is 1. The van der Waals surface area contributed by atoms with Crippen LogP contribution in [0.5, 0.6) is 0 Å². The maximum Gasteiger partial charge on any atom is 0.244 e. The number of sulfonamides is 1. The first-order chi connectivity index (χ1) is 11.8. The SMILES string of the molecule is Cc1nn(C)c2ncc(S(=O)(=O)N3CCN(CC[S@@](C)=O)CC3)cc12. The molecule has 0 aliphatic carbocycles. The van der Waals surface area contributed by atoms with Crippen LogP contribution in [0.4, 0.5) is 0 Å². The molecular formula is C15H23N5O3S2. The lowest BCUT2D eigenvalue weighted by atomic mass is 10.3.